The maximum absolute atomic E-state index is 13.3. The lowest BCUT2D eigenvalue weighted by molar-refractivity contribution is 0.104. The summed E-state index contributed by atoms with van der Waals surface area (Å²) in [5.41, 5.74) is 10.8. The first-order valence-electron chi connectivity index (χ1n) is 9.86. The van der Waals surface area contributed by atoms with Crippen LogP contribution in [-0.4, -0.2) is 10.8 Å². The standard InChI is InChI=1S/C26H16ClFN2OS/c27-18-10-6-15(7-11-18)20-14-21(16-4-2-1-3-5-16)30-26-22(20)23(29)25(32-26)24(31)17-8-12-19(28)13-9-17/h1-14H,29H2. The molecule has 2 aromatic heterocycles. The summed E-state index contributed by atoms with van der Waals surface area (Å²) in [7, 11) is 0. The predicted molar refractivity (Wildman–Crippen MR) is 130 cm³/mol. The van der Waals surface area contributed by atoms with Crippen molar-refractivity contribution in [2.45, 2.75) is 0 Å². The van der Waals surface area contributed by atoms with Crippen LogP contribution < -0.4 is 5.73 Å². The van der Waals surface area contributed by atoms with Gasteiger partial charge in [0.2, 0.25) is 5.78 Å². The van der Waals surface area contributed by atoms with Crippen LogP contribution in [0.4, 0.5) is 10.1 Å². The zero-order valence-electron chi connectivity index (χ0n) is 16.7. The van der Waals surface area contributed by atoms with Gasteiger partial charge in [-0.15, -0.1) is 11.3 Å². The molecule has 0 atom stereocenters. The van der Waals surface area contributed by atoms with E-state index in [1.54, 1.807) is 0 Å². The van der Waals surface area contributed by atoms with Crippen LogP contribution in [0.1, 0.15) is 15.2 Å². The predicted octanol–water partition coefficient (Wildman–Crippen LogP) is 7.24. The van der Waals surface area contributed by atoms with E-state index in [0.717, 1.165) is 27.8 Å². The van der Waals surface area contributed by atoms with Gasteiger partial charge in [0, 0.05) is 21.5 Å². The van der Waals surface area contributed by atoms with Crippen LogP contribution in [0, 0.1) is 5.82 Å². The zero-order chi connectivity index (χ0) is 22.2. The summed E-state index contributed by atoms with van der Waals surface area (Å²) in [4.78, 5) is 19.0. The molecule has 32 heavy (non-hydrogen) atoms. The molecule has 156 valence electrons. The van der Waals surface area contributed by atoms with Gasteiger partial charge in [-0.3, -0.25) is 4.79 Å². The minimum atomic E-state index is -0.398. The Morgan fingerprint density at radius 3 is 2.28 bits per heavy atom. The van der Waals surface area contributed by atoms with Crippen LogP contribution in [-0.2, 0) is 0 Å². The van der Waals surface area contributed by atoms with Gasteiger partial charge in [-0.1, -0.05) is 54.1 Å². The molecule has 0 aliphatic carbocycles. The molecule has 0 saturated heterocycles. The van der Waals surface area contributed by atoms with E-state index in [9.17, 15) is 9.18 Å². The Kier molecular flexibility index (Phi) is 5.21. The normalized spacial score (nSPS) is 11.1. The number of nitrogen functional groups attached to an aromatic ring is 1. The van der Waals surface area contributed by atoms with Crippen molar-refractivity contribution in [1.82, 2.24) is 4.98 Å². The number of ketones is 1. The highest BCUT2D eigenvalue weighted by Crippen LogP contribution is 2.42. The second-order valence-electron chi connectivity index (χ2n) is 7.29. The highest BCUT2D eigenvalue weighted by Gasteiger charge is 2.22. The lowest BCUT2D eigenvalue weighted by Gasteiger charge is -2.09. The van der Waals surface area contributed by atoms with E-state index in [1.165, 1.54) is 35.6 Å². The Balaban J connectivity index is 1.75. The van der Waals surface area contributed by atoms with E-state index in [0.29, 0.717) is 26.0 Å². The van der Waals surface area contributed by atoms with Gasteiger partial charge in [0.05, 0.1) is 11.4 Å². The minimum Gasteiger partial charge on any atom is -0.397 e. The maximum atomic E-state index is 13.3. The number of nitrogens with two attached hydrogens (primary N) is 1. The maximum Gasteiger partial charge on any atom is 0.205 e. The van der Waals surface area contributed by atoms with Gasteiger partial charge in [-0.25, -0.2) is 9.37 Å². The number of thiophene rings is 1. The number of benzene rings is 3. The Morgan fingerprint density at radius 2 is 1.59 bits per heavy atom. The van der Waals surface area contributed by atoms with Gasteiger partial charge in [0.25, 0.3) is 0 Å². The molecule has 0 aliphatic heterocycles. The van der Waals surface area contributed by atoms with E-state index in [-0.39, 0.29) is 5.78 Å². The highest BCUT2D eigenvalue weighted by atomic mass is 35.5. The van der Waals surface area contributed by atoms with E-state index < -0.39 is 5.82 Å². The molecule has 3 nitrogen and oxygen atoms in total. The third-order valence-electron chi connectivity index (χ3n) is 5.24. The number of rotatable bonds is 4. The van der Waals surface area contributed by atoms with Gasteiger partial charge in [0.1, 0.15) is 15.5 Å². The van der Waals surface area contributed by atoms with Gasteiger partial charge in [-0.05, 0) is 53.6 Å². The third-order valence-corrected chi connectivity index (χ3v) is 6.59. The number of pyridine rings is 1. The molecule has 5 rings (SSSR count). The summed E-state index contributed by atoms with van der Waals surface area (Å²) in [6.45, 7) is 0. The van der Waals surface area contributed by atoms with E-state index in [1.807, 2.05) is 60.7 Å². The molecular formula is C26H16ClFN2OS. The van der Waals surface area contributed by atoms with Crippen molar-refractivity contribution in [2.24, 2.45) is 0 Å². The molecule has 0 aliphatic rings. The van der Waals surface area contributed by atoms with Crippen LogP contribution in [0.25, 0.3) is 32.6 Å². The summed E-state index contributed by atoms with van der Waals surface area (Å²) >= 11 is 7.34. The Labute approximate surface area is 192 Å². The first kappa shape index (κ1) is 20.4. The number of halogens is 2. The van der Waals surface area contributed by atoms with E-state index >= 15 is 0 Å². The molecule has 2 heterocycles. The molecule has 0 unspecified atom stereocenters. The van der Waals surface area contributed by atoms with Gasteiger partial charge in [0.15, 0.2) is 0 Å². The lowest BCUT2D eigenvalue weighted by Crippen LogP contribution is -2.02. The number of hydrogen-bond donors (Lipinski definition) is 1. The topological polar surface area (TPSA) is 56.0 Å². The summed E-state index contributed by atoms with van der Waals surface area (Å²) in [5, 5.41) is 1.36. The number of carbonyl (C=O) groups is 1. The SMILES string of the molecule is Nc1c(C(=O)c2ccc(F)cc2)sc2nc(-c3ccccc3)cc(-c3ccc(Cl)cc3)c12. The molecular weight excluding hydrogens is 443 g/mol. The summed E-state index contributed by atoms with van der Waals surface area (Å²) in [6, 6.07) is 24.7. The number of nitrogens with zero attached hydrogens (tertiary/aromatic N) is 1. The van der Waals surface area contributed by atoms with Crippen LogP contribution >= 0.6 is 22.9 Å². The molecule has 0 radical (unpaired) electrons. The number of aromatic nitrogens is 1. The van der Waals surface area contributed by atoms with Crippen LogP contribution in [0.2, 0.25) is 5.02 Å². The van der Waals surface area contributed by atoms with Crippen molar-refractivity contribution >= 4 is 44.6 Å². The fourth-order valence-corrected chi connectivity index (χ4v) is 4.84. The first-order chi connectivity index (χ1) is 15.5. The number of carbonyl (C=O) groups excluding carboxylic acids is 1. The van der Waals surface area contributed by atoms with E-state index in [4.69, 9.17) is 22.3 Å². The largest absolute Gasteiger partial charge is 0.397 e. The second kappa shape index (κ2) is 8.19. The van der Waals surface area contributed by atoms with E-state index in [2.05, 4.69) is 0 Å². The van der Waals surface area contributed by atoms with Crippen LogP contribution in [0.5, 0.6) is 0 Å². The second-order valence-corrected chi connectivity index (χ2v) is 8.72. The quantitative estimate of drug-likeness (QED) is 0.289. The van der Waals surface area contributed by atoms with Gasteiger partial charge in [-0.2, -0.15) is 0 Å². The summed E-state index contributed by atoms with van der Waals surface area (Å²) in [6.07, 6.45) is 0. The molecule has 5 aromatic rings. The molecule has 2 N–H and O–H groups in total. The average molecular weight is 459 g/mol. The smallest absolute Gasteiger partial charge is 0.205 e. The number of fused-ring (bicyclic) bond motifs is 1. The Morgan fingerprint density at radius 1 is 0.906 bits per heavy atom. The molecule has 0 amide bonds. The number of hydrogen-bond acceptors (Lipinski definition) is 4. The van der Waals surface area contributed by atoms with Crippen molar-refractivity contribution in [3.63, 3.8) is 0 Å². The fraction of sp³-hybridized carbons (Fsp3) is 0. The van der Waals surface area contributed by atoms with Crippen molar-refractivity contribution in [3.05, 3.63) is 106 Å². The summed E-state index contributed by atoms with van der Waals surface area (Å²) < 4.78 is 13.3. The van der Waals surface area contributed by atoms with Crippen molar-refractivity contribution in [3.8, 4) is 22.4 Å². The van der Waals surface area contributed by atoms with Gasteiger partial charge >= 0.3 is 0 Å². The van der Waals surface area contributed by atoms with Crippen LogP contribution in [0.15, 0.2) is 84.9 Å². The Hall–Kier alpha value is -3.54. The lowest BCUT2D eigenvalue weighted by atomic mass is 9.99. The monoisotopic (exact) mass is 458 g/mol. The zero-order valence-corrected chi connectivity index (χ0v) is 18.3. The average Bonchev–Trinajstić information content (AvgIpc) is 3.16. The van der Waals surface area contributed by atoms with Crippen molar-refractivity contribution < 1.29 is 9.18 Å². The van der Waals surface area contributed by atoms with Gasteiger partial charge < -0.3 is 5.73 Å². The van der Waals surface area contributed by atoms with Crippen molar-refractivity contribution in [2.75, 3.05) is 5.73 Å². The molecule has 0 spiro atoms. The van der Waals surface area contributed by atoms with Crippen molar-refractivity contribution in [1.29, 1.82) is 0 Å². The Bertz CT molecular complexity index is 1450. The molecule has 0 saturated carbocycles. The van der Waals surface area contributed by atoms with Crippen LogP contribution in [0.3, 0.4) is 0 Å². The molecule has 0 fully saturated rings. The fourth-order valence-electron chi connectivity index (χ4n) is 3.64. The summed E-state index contributed by atoms with van der Waals surface area (Å²) in [5.74, 6) is -0.654. The third kappa shape index (κ3) is 3.66. The highest BCUT2D eigenvalue weighted by molar-refractivity contribution is 7.21. The number of anilines is 1. The molecule has 3 aromatic carbocycles. The molecule has 0 bridgehead atoms. The first-order valence-corrected chi connectivity index (χ1v) is 11.1. The minimum absolute atomic E-state index is 0.256. The molecule has 6 heteroatoms.